The van der Waals surface area contributed by atoms with Crippen molar-refractivity contribution < 1.29 is 0 Å². The zero-order valence-corrected chi connectivity index (χ0v) is 17.1. The first-order valence-corrected chi connectivity index (χ1v) is 10.4. The van der Waals surface area contributed by atoms with Crippen LogP contribution < -0.4 is 22.3 Å². The van der Waals surface area contributed by atoms with Crippen molar-refractivity contribution in [2.75, 3.05) is 38.0 Å². The number of anilines is 1. The molecule has 0 saturated carbocycles. The molecule has 6 N–H and O–H groups in total. The zero-order valence-electron chi connectivity index (χ0n) is 16.4. The van der Waals surface area contributed by atoms with E-state index in [0.717, 1.165) is 74.3 Å². The van der Waals surface area contributed by atoms with Crippen molar-refractivity contribution in [2.24, 2.45) is 11.5 Å². The molecule has 2 aliphatic rings. The van der Waals surface area contributed by atoms with Crippen molar-refractivity contribution in [1.82, 2.24) is 14.8 Å². The van der Waals surface area contributed by atoms with E-state index in [9.17, 15) is 4.79 Å². The molecule has 2 aromatic rings. The number of hydrogen-bond donors (Lipinski definition) is 4. The van der Waals surface area contributed by atoms with Gasteiger partial charge in [0.1, 0.15) is 0 Å². The molecule has 1 fully saturated rings. The minimum atomic E-state index is 0.0272. The Balaban J connectivity index is 1.45. The lowest BCUT2D eigenvalue weighted by Crippen LogP contribution is -2.46. The zero-order chi connectivity index (χ0) is 20.4. The van der Waals surface area contributed by atoms with Gasteiger partial charge in [-0.15, -0.1) is 0 Å². The van der Waals surface area contributed by atoms with Crippen molar-refractivity contribution in [3.8, 4) is 0 Å². The van der Waals surface area contributed by atoms with Gasteiger partial charge in [0, 0.05) is 50.2 Å². The second kappa shape index (κ2) is 8.39. The van der Waals surface area contributed by atoms with Gasteiger partial charge in [0.15, 0.2) is 0 Å². The number of fused-ring (bicyclic) bond motifs is 3. The molecule has 8 heteroatoms. The Kier molecular flexibility index (Phi) is 5.69. The Morgan fingerprint density at radius 3 is 2.72 bits per heavy atom. The van der Waals surface area contributed by atoms with Gasteiger partial charge >= 0.3 is 0 Å². The molecule has 1 aromatic carbocycles. The Hall–Kier alpha value is -2.64. The Bertz CT molecular complexity index is 1020. The number of H-pyrrole nitrogens is 1. The Morgan fingerprint density at radius 2 is 1.97 bits per heavy atom. The van der Waals surface area contributed by atoms with Gasteiger partial charge in [0.2, 0.25) is 0 Å². The van der Waals surface area contributed by atoms with Crippen LogP contribution in [0.4, 0.5) is 5.69 Å². The topological polar surface area (TPSA) is 103 Å². The molecule has 0 radical (unpaired) electrons. The highest BCUT2D eigenvalue weighted by molar-refractivity contribution is 6.29. The average molecular weight is 415 g/mol. The number of benzene rings is 1. The second-order valence-electron chi connectivity index (χ2n) is 7.62. The molecule has 29 heavy (non-hydrogen) atoms. The summed E-state index contributed by atoms with van der Waals surface area (Å²) in [6.45, 7) is 5.28. The maximum absolute atomic E-state index is 12.4. The number of halogens is 1. The van der Waals surface area contributed by atoms with Gasteiger partial charge in [-0.05, 0) is 36.6 Å². The molecule has 0 atom stereocenters. The number of aromatic nitrogens is 1. The first kappa shape index (κ1) is 19.7. The summed E-state index contributed by atoms with van der Waals surface area (Å²) in [4.78, 5) is 20.0. The number of nitrogens with one attached hydrogen (secondary N) is 2. The number of piperazine rings is 1. The van der Waals surface area contributed by atoms with E-state index < -0.39 is 0 Å². The Morgan fingerprint density at radius 1 is 1.17 bits per heavy atom. The van der Waals surface area contributed by atoms with Crippen LogP contribution in [0, 0.1) is 0 Å². The largest absolute Gasteiger partial charge is 0.389 e. The predicted octanol–water partition coefficient (Wildman–Crippen LogP) is 1.84. The summed E-state index contributed by atoms with van der Waals surface area (Å²) in [7, 11) is 0. The van der Waals surface area contributed by atoms with E-state index in [1.54, 1.807) is 12.2 Å². The summed E-state index contributed by atoms with van der Waals surface area (Å²) in [5.41, 5.74) is 15.5. The number of pyridine rings is 1. The number of nitrogens with two attached hydrogens (primary N) is 2. The molecule has 0 amide bonds. The van der Waals surface area contributed by atoms with Crippen molar-refractivity contribution in [3.63, 3.8) is 0 Å². The van der Waals surface area contributed by atoms with E-state index in [1.807, 2.05) is 0 Å². The monoisotopic (exact) mass is 414 g/mol. The summed E-state index contributed by atoms with van der Waals surface area (Å²) in [6.07, 6.45) is 5.18. The molecule has 3 heterocycles. The van der Waals surface area contributed by atoms with E-state index in [2.05, 4.69) is 38.3 Å². The minimum Gasteiger partial charge on any atom is -0.389 e. The van der Waals surface area contributed by atoms with Crippen molar-refractivity contribution in [3.05, 3.63) is 62.8 Å². The first-order chi connectivity index (χ1) is 14.0. The van der Waals surface area contributed by atoms with Gasteiger partial charge < -0.3 is 26.7 Å². The van der Waals surface area contributed by atoms with E-state index in [-0.39, 0.29) is 10.7 Å². The highest BCUT2D eigenvalue weighted by Crippen LogP contribution is 2.28. The van der Waals surface area contributed by atoms with Crippen LogP contribution in [0.25, 0.3) is 10.9 Å². The molecule has 4 rings (SSSR count). The highest BCUT2D eigenvalue weighted by atomic mass is 35.5. The normalized spacial score (nSPS) is 18.6. The van der Waals surface area contributed by atoms with Crippen molar-refractivity contribution in [2.45, 2.75) is 19.4 Å². The van der Waals surface area contributed by atoms with Crippen LogP contribution in [0.2, 0.25) is 0 Å². The molecule has 2 aliphatic heterocycles. The number of rotatable bonds is 4. The summed E-state index contributed by atoms with van der Waals surface area (Å²) in [6, 6.07) is 6.38. The molecule has 7 nitrogen and oxygen atoms in total. The van der Waals surface area contributed by atoms with Crippen molar-refractivity contribution >= 4 is 28.2 Å². The van der Waals surface area contributed by atoms with Crippen LogP contribution in [0.1, 0.15) is 17.5 Å². The molecule has 0 unspecified atom stereocenters. The van der Waals surface area contributed by atoms with E-state index >= 15 is 0 Å². The number of nitrogens with zero attached hydrogens (tertiary/aromatic N) is 2. The average Bonchev–Trinajstić information content (AvgIpc) is 2.72. The number of allylic oxidation sites excluding steroid dienone is 2. The fraction of sp³-hybridized carbons (Fsp3) is 0.381. The van der Waals surface area contributed by atoms with Gasteiger partial charge in [0.25, 0.3) is 5.56 Å². The maximum Gasteiger partial charge on any atom is 0.253 e. The fourth-order valence-electron chi connectivity index (χ4n) is 4.10. The van der Waals surface area contributed by atoms with Gasteiger partial charge in [-0.3, -0.25) is 9.69 Å². The Labute approximate surface area is 175 Å². The summed E-state index contributed by atoms with van der Waals surface area (Å²) in [5, 5.41) is 4.72. The quantitative estimate of drug-likeness (QED) is 0.449. The third-order valence-corrected chi connectivity index (χ3v) is 5.77. The van der Waals surface area contributed by atoms with Crippen LogP contribution in [0.3, 0.4) is 0 Å². The summed E-state index contributed by atoms with van der Waals surface area (Å²) in [5.74, 6) is 0.675. The molecular formula is C21H27ClN6O. The van der Waals surface area contributed by atoms with E-state index in [0.29, 0.717) is 5.82 Å². The van der Waals surface area contributed by atoms with Gasteiger partial charge in [-0.1, -0.05) is 23.7 Å². The highest BCUT2D eigenvalue weighted by Gasteiger charge is 2.19. The van der Waals surface area contributed by atoms with Crippen LogP contribution in [-0.4, -0.2) is 47.5 Å². The van der Waals surface area contributed by atoms with Gasteiger partial charge in [-0.25, -0.2) is 0 Å². The number of aromatic amines is 1. The van der Waals surface area contributed by atoms with Gasteiger partial charge in [0.05, 0.1) is 22.2 Å². The minimum absolute atomic E-state index is 0.0272. The van der Waals surface area contributed by atoms with Crippen LogP contribution in [0.5, 0.6) is 0 Å². The van der Waals surface area contributed by atoms with Crippen LogP contribution in [-0.2, 0) is 13.0 Å². The predicted molar refractivity (Wildman–Crippen MR) is 119 cm³/mol. The third kappa shape index (κ3) is 4.36. The molecule has 0 aliphatic carbocycles. The lowest BCUT2D eigenvalue weighted by Gasteiger charge is -2.36. The molecule has 154 valence electrons. The molecule has 0 bridgehead atoms. The van der Waals surface area contributed by atoms with Crippen LogP contribution >= 0.6 is 11.6 Å². The summed E-state index contributed by atoms with van der Waals surface area (Å²) >= 11 is 5.65. The molecule has 1 aromatic heterocycles. The molecule has 1 saturated heterocycles. The standard InChI is InChI=1S/C21H27ClN6O/c22-18(23)5-6-19(24)28-10-8-27(9-11-28)13-14-3-4-15-17(12-14)26-21(29)16-2-1-7-25-20(15)16/h3-6,12,25H,1-2,7-11,13,23-24H2,(H,26,29)/b18-5-,19-6+. The SMILES string of the molecule is N/C(Cl)=C\C=C(/N)N1CCN(Cc2ccc3c4c(c(=O)[nH]c3c2)CCCN4)CC1. The second-order valence-corrected chi connectivity index (χ2v) is 8.06. The van der Waals surface area contributed by atoms with Crippen LogP contribution in [0.15, 0.2) is 46.1 Å². The lowest BCUT2D eigenvalue weighted by molar-refractivity contribution is 0.152. The fourth-order valence-corrected chi connectivity index (χ4v) is 4.16. The smallest absolute Gasteiger partial charge is 0.253 e. The third-order valence-electron chi connectivity index (χ3n) is 5.64. The van der Waals surface area contributed by atoms with Crippen molar-refractivity contribution in [1.29, 1.82) is 0 Å². The number of hydrogen-bond acceptors (Lipinski definition) is 6. The lowest BCUT2D eigenvalue weighted by atomic mass is 10.0. The maximum atomic E-state index is 12.4. The first-order valence-electron chi connectivity index (χ1n) is 9.98. The van der Waals surface area contributed by atoms with E-state index in [1.165, 1.54) is 5.56 Å². The summed E-state index contributed by atoms with van der Waals surface area (Å²) < 4.78 is 0. The molecular weight excluding hydrogens is 388 g/mol. The van der Waals surface area contributed by atoms with Gasteiger partial charge in [-0.2, -0.15) is 0 Å². The molecule has 0 spiro atoms. The van der Waals surface area contributed by atoms with E-state index in [4.69, 9.17) is 23.1 Å².